The van der Waals surface area contributed by atoms with Gasteiger partial charge in [-0.2, -0.15) is 5.26 Å². The number of likely N-dealkylation sites (N-methyl/N-ethyl adjacent to an activating group) is 1. The van der Waals surface area contributed by atoms with Crippen LogP contribution in [0, 0.1) is 11.3 Å². The van der Waals surface area contributed by atoms with Crippen molar-refractivity contribution in [3.63, 3.8) is 0 Å². The highest BCUT2D eigenvalue weighted by Crippen LogP contribution is 2.27. The van der Waals surface area contributed by atoms with Gasteiger partial charge in [0.2, 0.25) is 0 Å². The summed E-state index contributed by atoms with van der Waals surface area (Å²) in [6.45, 7) is 3.65. The molecule has 0 heterocycles. The van der Waals surface area contributed by atoms with E-state index in [1.165, 1.54) is 0 Å². The molecule has 4 nitrogen and oxygen atoms in total. The Morgan fingerprint density at radius 3 is 2.33 bits per heavy atom. The molecule has 0 aliphatic carbocycles. The van der Waals surface area contributed by atoms with Crippen molar-refractivity contribution in [3.05, 3.63) is 35.9 Å². The fourth-order valence-corrected chi connectivity index (χ4v) is 1.61. The molecule has 0 saturated carbocycles. The Morgan fingerprint density at radius 2 is 1.89 bits per heavy atom. The summed E-state index contributed by atoms with van der Waals surface area (Å²) in [5.74, 6) is -0.744. The number of nitriles is 1. The lowest BCUT2D eigenvalue weighted by molar-refractivity contribution is -0.228. The quantitative estimate of drug-likeness (QED) is 0.784. The van der Waals surface area contributed by atoms with Crippen LogP contribution >= 0.6 is 0 Å². The number of benzene rings is 1. The van der Waals surface area contributed by atoms with E-state index in [-0.39, 0.29) is 6.10 Å². The molecular weight excluding hydrogens is 228 g/mol. The predicted molar refractivity (Wildman–Crippen MR) is 69.8 cm³/mol. The predicted octanol–water partition coefficient (Wildman–Crippen LogP) is 2.24. The Bertz CT molecular complexity index is 398. The van der Waals surface area contributed by atoms with Crippen LogP contribution in [-0.2, 0) is 9.47 Å². The minimum atomic E-state index is -0.744. The summed E-state index contributed by atoms with van der Waals surface area (Å²) >= 11 is 0. The van der Waals surface area contributed by atoms with Gasteiger partial charge in [0.15, 0.2) is 5.79 Å². The zero-order chi connectivity index (χ0) is 13.6. The summed E-state index contributed by atoms with van der Waals surface area (Å²) in [5.41, 5.74) is 0.948. The normalized spacial score (nSPS) is 14.8. The maximum Gasteiger partial charge on any atom is 0.163 e. The van der Waals surface area contributed by atoms with Gasteiger partial charge < -0.3 is 14.8 Å². The first-order valence-corrected chi connectivity index (χ1v) is 5.89. The molecule has 98 valence electrons. The smallest absolute Gasteiger partial charge is 0.163 e. The molecule has 18 heavy (non-hydrogen) atoms. The molecule has 1 rings (SSSR count). The zero-order valence-corrected chi connectivity index (χ0v) is 11.3. The molecule has 0 aliphatic heterocycles. The van der Waals surface area contributed by atoms with Crippen LogP contribution in [0.3, 0.4) is 0 Å². The highest BCUT2D eigenvalue weighted by molar-refractivity contribution is 5.21. The highest BCUT2D eigenvalue weighted by Gasteiger charge is 2.29. The number of methoxy groups -OCH3 is 1. The van der Waals surface area contributed by atoms with Crippen LogP contribution in [0.1, 0.15) is 25.5 Å². The third-order valence-corrected chi connectivity index (χ3v) is 2.78. The maximum atomic E-state index is 9.19. The molecule has 0 saturated heterocycles. The van der Waals surface area contributed by atoms with E-state index >= 15 is 0 Å². The summed E-state index contributed by atoms with van der Waals surface area (Å²) in [7, 11) is 3.33. The molecule has 0 aromatic heterocycles. The van der Waals surface area contributed by atoms with Gasteiger partial charge in [-0.05, 0) is 26.5 Å². The maximum absolute atomic E-state index is 9.19. The van der Waals surface area contributed by atoms with Crippen LogP contribution < -0.4 is 5.32 Å². The first-order valence-electron chi connectivity index (χ1n) is 5.89. The second kappa shape index (κ2) is 6.50. The van der Waals surface area contributed by atoms with Gasteiger partial charge >= 0.3 is 0 Å². The van der Waals surface area contributed by atoms with Crippen LogP contribution in [0.15, 0.2) is 30.3 Å². The van der Waals surface area contributed by atoms with E-state index in [9.17, 15) is 5.26 Å². The van der Waals surface area contributed by atoms with E-state index < -0.39 is 11.8 Å². The highest BCUT2D eigenvalue weighted by atomic mass is 16.7. The molecule has 1 aromatic carbocycles. The lowest BCUT2D eigenvalue weighted by atomic mass is 10.0. The average Bonchev–Trinajstić information content (AvgIpc) is 2.40. The van der Waals surface area contributed by atoms with Crippen molar-refractivity contribution in [1.29, 1.82) is 5.26 Å². The molecule has 0 spiro atoms. The van der Waals surface area contributed by atoms with E-state index in [4.69, 9.17) is 9.47 Å². The summed E-state index contributed by atoms with van der Waals surface area (Å²) in [6, 6.07) is 11.4. The van der Waals surface area contributed by atoms with Gasteiger partial charge in [-0.25, -0.2) is 0 Å². The Morgan fingerprint density at radius 1 is 1.28 bits per heavy atom. The average molecular weight is 248 g/mol. The molecule has 0 radical (unpaired) electrons. The summed E-state index contributed by atoms with van der Waals surface area (Å²) < 4.78 is 11.2. The van der Waals surface area contributed by atoms with Crippen LogP contribution in [-0.4, -0.2) is 26.0 Å². The number of hydrogen-bond acceptors (Lipinski definition) is 4. The van der Waals surface area contributed by atoms with Crippen molar-refractivity contribution in [1.82, 2.24) is 5.32 Å². The van der Waals surface area contributed by atoms with Gasteiger partial charge in [0, 0.05) is 7.11 Å². The molecule has 1 N–H and O–H groups in total. The van der Waals surface area contributed by atoms with Crippen molar-refractivity contribution in [3.8, 4) is 6.07 Å². The first kappa shape index (κ1) is 14.7. The van der Waals surface area contributed by atoms with Gasteiger partial charge in [-0.3, -0.25) is 0 Å². The Labute approximate surface area is 109 Å². The fraction of sp³-hybridized carbons (Fsp3) is 0.500. The Hall–Kier alpha value is -1.41. The van der Waals surface area contributed by atoms with Gasteiger partial charge in [0.1, 0.15) is 12.1 Å². The molecule has 0 aliphatic rings. The molecule has 0 unspecified atom stereocenters. The summed E-state index contributed by atoms with van der Waals surface area (Å²) in [4.78, 5) is 0. The molecule has 0 bridgehead atoms. The van der Waals surface area contributed by atoms with Gasteiger partial charge in [-0.15, -0.1) is 0 Å². The monoisotopic (exact) mass is 248 g/mol. The largest absolute Gasteiger partial charge is 0.354 e. The Balaban J connectivity index is 3.00. The molecule has 1 aromatic rings. The Kier molecular flexibility index (Phi) is 5.29. The van der Waals surface area contributed by atoms with Crippen LogP contribution in [0.5, 0.6) is 0 Å². The molecule has 0 amide bonds. The second-order valence-corrected chi connectivity index (χ2v) is 4.45. The van der Waals surface area contributed by atoms with Gasteiger partial charge in [-0.1, -0.05) is 30.3 Å². The van der Waals surface area contributed by atoms with E-state index in [1.807, 2.05) is 44.2 Å². The number of hydrogen-bond donors (Lipinski definition) is 1. The van der Waals surface area contributed by atoms with Crippen LogP contribution in [0.4, 0.5) is 0 Å². The molecule has 0 fully saturated rings. The minimum Gasteiger partial charge on any atom is -0.354 e. The van der Waals surface area contributed by atoms with E-state index in [1.54, 1.807) is 14.2 Å². The van der Waals surface area contributed by atoms with Crippen molar-refractivity contribution in [2.45, 2.75) is 31.8 Å². The SMILES string of the molecule is CN[C@H](C#N)[C@H](OC(C)(C)OC)c1ccccc1. The van der Waals surface area contributed by atoms with Crippen molar-refractivity contribution in [2.75, 3.05) is 14.2 Å². The van der Waals surface area contributed by atoms with Gasteiger partial charge in [0.25, 0.3) is 0 Å². The van der Waals surface area contributed by atoms with Crippen molar-refractivity contribution < 1.29 is 9.47 Å². The minimum absolute atomic E-state index is 0.379. The number of nitrogens with zero attached hydrogens (tertiary/aromatic N) is 1. The van der Waals surface area contributed by atoms with Crippen molar-refractivity contribution in [2.24, 2.45) is 0 Å². The zero-order valence-electron chi connectivity index (χ0n) is 11.3. The molecular formula is C14H20N2O2. The van der Waals surface area contributed by atoms with Crippen LogP contribution in [0.2, 0.25) is 0 Å². The van der Waals surface area contributed by atoms with Gasteiger partial charge in [0.05, 0.1) is 6.07 Å². The van der Waals surface area contributed by atoms with Crippen LogP contribution in [0.25, 0.3) is 0 Å². The third kappa shape index (κ3) is 3.81. The number of rotatable bonds is 6. The van der Waals surface area contributed by atoms with E-state index in [2.05, 4.69) is 11.4 Å². The molecule has 4 heteroatoms. The summed E-state index contributed by atoms with van der Waals surface area (Å²) in [6.07, 6.45) is -0.379. The number of ether oxygens (including phenoxy) is 2. The van der Waals surface area contributed by atoms with E-state index in [0.717, 1.165) is 5.56 Å². The lowest BCUT2D eigenvalue weighted by Gasteiger charge is -2.32. The lowest BCUT2D eigenvalue weighted by Crippen LogP contribution is -2.38. The second-order valence-electron chi connectivity index (χ2n) is 4.45. The topological polar surface area (TPSA) is 54.3 Å². The molecule has 2 atom stereocenters. The van der Waals surface area contributed by atoms with E-state index in [0.29, 0.717) is 0 Å². The standard InChI is InChI=1S/C14H20N2O2/c1-14(2,17-4)18-13(12(10-15)16-3)11-8-6-5-7-9-11/h5-9,12-13,16H,1-4H3/t12-,13-/m1/s1. The summed E-state index contributed by atoms with van der Waals surface area (Å²) in [5, 5.41) is 12.1. The fourth-order valence-electron chi connectivity index (χ4n) is 1.61. The van der Waals surface area contributed by atoms with Crippen molar-refractivity contribution >= 4 is 0 Å². The third-order valence-electron chi connectivity index (χ3n) is 2.78. The number of nitrogens with one attached hydrogen (secondary N) is 1. The first-order chi connectivity index (χ1) is 8.54.